The average molecular weight is 525 g/mol. The molecule has 2 unspecified atom stereocenters. The van der Waals surface area contributed by atoms with Crippen molar-refractivity contribution in [2.75, 3.05) is 26.2 Å². The quantitative estimate of drug-likeness (QED) is 0.339. The molecule has 2 atom stereocenters. The molecule has 35 heavy (non-hydrogen) atoms. The number of thiophene rings is 1. The highest BCUT2D eigenvalue weighted by atomic mass is 32.1. The number of carbonyl (C=O) groups excluding carboxylic acids is 3. The van der Waals surface area contributed by atoms with Gasteiger partial charge in [0.1, 0.15) is 32.3 Å². The zero-order chi connectivity index (χ0) is 25.9. The van der Waals surface area contributed by atoms with Gasteiger partial charge >= 0.3 is 18.3 Å². The first kappa shape index (κ1) is 26.6. The third-order valence-corrected chi connectivity index (χ3v) is 6.09. The van der Waals surface area contributed by atoms with Gasteiger partial charge in [0.25, 0.3) is 11.7 Å². The molecule has 1 aliphatic rings. The van der Waals surface area contributed by atoms with Crippen LogP contribution in [0, 0.1) is 0 Å². The lowest BCUT2D eigenvalue weighted by atomic mass is 10.1. The molecule has 1 saturated heterocycles. The van der Waals surface area contributed by atoms with E-state index in [1.54, 1.807) is 30.3 Å². The molecule has 1 aromatic heterocycles. The van der Waals surface area contributed by atoms with E-state index in [1.807, 2.05) is 0 Å². The summed E-state index contributed by atoms with van der Waals surface area (Å²) in [6.07, 6.45) is -11.2. The number of amides is 1. The number of ether oxygens (including phenoxy) is 1. The number of Topliss-reactive ketones (excluding diaryl/α,β-unsaturated/α-hetero) is 1. The Balaban J connectivity index is 1.69. The third kappa shape index (κ3) is 7.02. The van der Waals surface area contributed by atoms with Crippen molar-refractivity contribution in [3.05, 3.63) is 57.8 Å². The Hall–Kier alpha value is -2.97. The molecule has 0 radical (unpaired) electrons. The van der Waals surface area contributed by atoms with Gasteiger partial charge in [-0.1, -0.05) is 30.3 Å². The number of ketones is 1. The van der Waals surface area contributed by atoms with E-state index in [1.165, 1.54) is 0 Å². The molecule has 7 nitrogen and oxygen atoms in total. The maximum atomic E-state index is 12.9. The van der Waals surface area contributed by atoms with Gasteiger partial charge in [-0.2, -0.15) is 26.3 Å². The second kappa shape index (κ2) is 10.3. The Morgan fingerprint density at radius 3 is 2.29 bits per heavy atom. The van der Waals surface area contributed by atoms with E-state index in [0.717, 1.165) is 12.1 Å². The van der Waals surface area contributed by atoms with Crippen molar-refractivity contribution in [3.8, 4) is 0 Å². The van der Waals surface area contributed by atoms with Gasteiger partial charge in [0.05, 0.1) is 9.75 Å². The normalized spacial score (nSPS) is 20.8. The highest BCUT2D eigenvalue weighted by molar-refractivity contribution is 7.16. The summed E-state index contributed by atoms with van der Waals surface area (Å²) in [6.45, 7) is -0.683. The fourth-order valence-corrected chi connectivity index (χ4v) is 4.32. The number of hydrogen-bond acceptors (Lipinski definition) is 6. The number of benzene rings is 1. The van der Waals surface area contributed by atoms with Gasteiger partial charge in [-0.15, -0.1) is 16.0 Å². The molecule has 3 rings (SSSR count). The van der Waals surface area contributed by atoms with Crippen molar-refractivity contribution in [2.45, 2.75) is 25.0 Å². The molecule has 1 aliphatic heterocycles. The summed E-state index contributed by atoms with van der Waals surface area (Å²) in [6, 6.07) is 10.3. The van der Waals surface area contributed by atoms with Crippen LogP contribution in [-0.2, 0) is 20.9 Å². The molecule has 0 saturated carbocycles. The number of nitrogens with one attached hydrogen (secondary N) is 1. The molecule has 0 aliphatic carbocycles. The first-order chi connectivity index (χ1) is 16.3. The standard InChI is InChI=1S/C21H18F6N2O5S/c22-20(23,24)17(30)15-6-7-16(35-15)18(31)28-10-14-12-29(8-9-33-14,34-19(32)21(25,26)27)11-13-4-2-1-3-5-13/h1-7,14H,8-12H2/p+1. The number of carbonyl (C=O) groups is 3. The lowest BCUT2D eigenvalue weighted by molar-refractivity contribution is -1.11. The van der Waals surface area contributed by atoms with Crippen molar-refractivity contribution in [3.63, 3.8) is 0 Å². The average Bonchev–Trinajstić information content (AvgIpc) is 3.26. The summed E-state index contributed by atoms with van der Waals surface area (Å²) in [5.74, 6) is -5.23. The predicted octanol–water partition coefficient (Wildman–Crippen LogP) is 3.66. The van der Waals surface area contributed by atoms with E-state index in [0.29, 0.717) is 16.9 Å². The van der Waals surface area contributed by atoms with Gasteiger partial charge in [0, 0.05) is 12.1 Å². The molecular formula is C21H19F6N2O5S+. The number of nitrogens with zero attached hydrogens (tertiary/aromatic N) is 1. The summed E-state index contributed by atoms with van der Waals surface area (Å²) >= 11 is 0.355. The monoisotopic (exact) mass is 525 g/mol. The third-order valence-electron chi connectivity index (χ3n) is 5.01. The number of quaternary nitrogens is 1. The zero-order valence-corrected chi connectivity index (χ0v) is 18.6. The van der Waals surface area contributed by atoms with Crippen molar-refractivity contribution in [1.82, 2.24) is 5.32 Å². The maximum absolute atomic E-state index is 12.9. The zero-order valence-electron chi connectivity index (χ0n) is 17.8. The molecule has 1 amide bonds. The van der Waals surface area contributed by atoms with Crippen molar-refractivity contribution in [2.24, 2.45) is 0 Å². The van der Waals surface area contributed by atoms with Crippen LogP contribution >= 0.6 is 11.3 Å². The van der Waals surface area contributed by atoms with E-state index in [-0.39, 0.29) is 37.7 Å². The Labute approximate surface area is 198 Å². The van der Waals surface area contributed by atoms with Crippen molar-refractivity contribution in [1.29, 1.82) is 0 Å². The van der Waals surface area contributed by atoms with Crippen LogP contribution in [0.25, 0.3) is 0 Å². The van der Waals surface area contributed by atoms with Crippen molar-refractivity contribution < 1.29 is 54.9 Å². The summed E-state index contributed by atoms with van der Waals surface area (Å²) in [4.78, 5) is 39.3. The highest BCUT2D eigenvalue weighted by Crippen LogP contribution is 2.28. The molecule has 1 N–H and O–H groups in total. The lowest BCUT2D eigenvalue weighted by Gasteiger charge is -2.40. The summed E-state index contributed by atoms with van der Waals surface area (Å²) < 4.78 is 81.2. The molecule has 0 bridgehead atoms. The van der Waals surface area contributed by atoms with Crippen LogP contribution < -0.4 is 5.32 Å². The van der Waals surface area contributed by atoms with Gasteiger partial charge in [-0.25, -0.2) is 4.79 Å². The largest absolute Gasteiger partial charge is 0.497 e. The van der Waals surface area contributed by atoms with Gasteiger partial charge in [-0.3, -0.25) is 14.4 Å². The molecule has 2 aromatic rings. The van der Waals surface area contributed by atoms with Crippen LogP contribution in [-0.4, -0.2) is 67.0 Å². The van der Waals surface area contributed by atoms with Gasteiger partial charge in [-0.05, 0) is 12.1 Å². The number of rotatable bonds is 7. The van der Waals surface area contributed by atoms with Gasteiger partial charge in [0.2, 0.25) is 0 Å². The van der Waals surface area contributed by atoms with E-state index in [4.69, 9.17) is 9.57 Å². The van der Waals surface area contributed by atoms with E-state index < -0.39 is 45.6 Å². The minimum absolute atomic E-state index is 0.0744. The van der Waals surface area contributed by atoms with Crippen LogP contribution in [0.3, 0.4) is 0 Å². The second-order valence-electron chi connectivity index (χ2n) is 7.68. The number of alkyl halides is 6. The molecule has 14 heteroatoms. The smallest absolute Gasteiger partial charge is 0.364 e. The van der Waals surface area contributed by atoms with E-state index >= 15 is 0 Å². The van der Waals surface area contributed by atoms with Crippen LogP contribution in [0.15, 0.2) is 42.5 Å². The Morgan fingerprint density at radius 1 is 1.00 bits per heavy atom. The first-order valence-corrected chi connectivity index (χ1v) is 10.9. The van der Waals surface area contributed by atoms with E-state index in [9.17, 15) is 40.7 Å². The number of hydroxylamine groups is 3. The minimum atomic E-state index is -5.21. The number of halogens is 6. The van der Waals surface area contributed by atoms with Crippen LogP contribution in [0.2, 0.25) is 0 Å². The topological polar surface area (TPSA) is 81.7 Å². The SMILES string of the molecule is O=C(NCC1C[N+](Cc2ccccc2)(OC(=O)C(F)(F)F)CCO1)c1ccc(C(=O)C(F)(F)F)s1. The number of morpholine rings is 1. The molecule has 190 valence electrons. The fourth-order valence-electron chi connectivity index (χ4n) is 3.44. The van der Waals surface area contributed by atoms with Crippen LogP contribution in [0.1, 0.15) is 24.9 Å². The van der Waals surface area contributed by atoms with Gasteiger partial charge in [0.15, 0.2) is 0 Å². The summed E-state index contributed by atoms with van der Waals surface area (Å²) in [5.41, 5.74) is 0.604. The fraction of sp³-hybridized carbons (Fsp3) is 0.381. The Bertz CT molecular complexity index is 1070. The highest BCUT2D eigenvalue weighted by Gasteiger charge is 2.50. The predicted molar refractivity (Wildman–Crippen MR) is 109 cm³/mol. The molecule has 1 fully saturated rings. The molecule has 0 spiro atoms. The van der Waals surface area contributed by atoms with E-state index in [2.05, 4.69) is 5.32 Å². The lowest BCUT2D eigenvalue weighted by Crippen LogP contribution is -2.61. The molecule has 1 aromatic carbocycles. The molecular weight excluding hydrogens is 506 g/mol. The van der Waals surface area contributed by atoms with Crippen LogP contribution in [0.4, 0.5) is 26.3 Å². The minimum Gasteiger partial charge on any atom is -0.364 e. The second-order valence-corrected chi connectivity index (χ2v) is 8.76. The first-order valence-electron chi connectivity index (χ1n) is 10.1. The number of hydrogen-bond donors (Lipinski definition) is 1. The van der Waals surface area contributed by atoms with Gasteiger partial charge < -0.3 is 10.1 Å². The maximum Gasteiger partial charge on any atom is 0.497 e. The molecule has 2 heterocycles. The summed E-state index contributed by atoms with van der Waals surface area (Å²) in [7, 11) is 0. The summed E-state index contributed by atoms with van der Waals surface area (Å²) in [5, 5.41) is 2.43. The Kier molecular flexibility index (Phi) is 7.87. The van der Waals surface area contributed by atoms with Crippen LogP contribution in [0.5, 0.6) is 0 Å². The van der Waals surface area contributed by atoms with Crippen molar-refractivity contribution >= 4 is 29.0 Å². The Morgan fingerprint density at radius 2 is 1.66 bits per heavy atom.